The fraction of sp³-hybridized carbons (Fsp3) is 0.0588. The summed E-state index contributed by atoms with van der Waals surface area (Å²) < 4.78 is 34.1. The molecule has 0 spiro atoms. The predicted octanol–water partition coefficient (Wildman–Crippen LogP) is 2.44. The Morgan fingerprint density at radius 3 is 2.56 bits per heavy atom. The van der Waals surface area contributed by atoms with Crippen molar-refractivity contribution in [3.8, 4) is 11.8 Å². The molecule has 0 aliphatic carbocycles. The number of hydrogen-bond acceptors (Lipinski definition) is 8. The number of nitro benzene ring substituents is 1. The molecule has 0 bridgehead atoms. The normalized spacial score (nSPS) is 11.3. The van der Waals surface area contributed by atoms with E-state index in [0.717, 1.165) is 25.3 Å². The average molecular weight is 388 g/mol. The van der Waals surface area contributed by atoms with Gasteiger partial charge in [0.2, 0.25) is 0 Å². The second-order valence-electron chi connectivity index (χ2n) is 5.03. The summed E-state index contributed by atoms with van der Waals surface area (Å²) in [5.41, 5.74) is -0.354. The third kappa shape index (κ3) is 4.90. The maximum absolute atomic E-state index is 12.3. The van der Waals surface area contributed by atoms with Crippen LogP contribution in [0.2, 0.25) is 0 Å². The number of benzene rings is 2. The van der Waals surface area contributed by atoms with Gasteiger partial charge >= 0.3 is 16.1 Å². The van der Waals surface area contributed by atoms with Crippen molar-refractivity contribution >= 4 is 27.9 Å². The number of esters is 1. The number of nitrogens with zero attached hydrogens (tertiary/aromatic N) is 2. The summed E-state index contributed by atoms with van der Waals surface area (Å²) in [6.45, 7) is 0. The lowest BCUT2D eigenvalue weighted by Crippen LogP contribution is -2.10. The monoisotopic (exact) mass is 388 g/mol. The van der Waals surface area contributed by atoms with E-state index in [4.69, 9.17) is 9.44 Å². The highest BCUT2D eigenvalue weighted by Gasteiger charge is 2.20. The molecule has 0 atom stereocenters. The van der Waals surface area contributed by atoms with Crippen molar-refractivity contribution in [1.82, 2.24) is 0 Å². The van der Waals surface area contributed by atoms with Gasteiger partial charge in [-0.3, -0.25) is 10.1 Å². The Bertz CT molecular complexity index is 1070. The number of carbonyl (C=O) groups excluding carboxylic acids is 1. The molecule has 0 aliphatic heterocycles. The largest absolute Gasteiger partial charge is 0.465 e. The Kier molecular flexibility index (Phi) is 5.89. The van der Waals surface area contributed by atoms with Crippen molar-refractivity contribution < 1.29 is 27.1 Å². The van der Waals surface area contributed by atoms with E-state index in [-0.39, 0.29) is 16.2 Å². The summed E-state index contributed by atoms with van der Waals surface area (Å²) in [5.74, 6) is -0.939. The maximum Gasteiger partial charge on any atom is 0.348 e. The quantitative estimate of drug-likeness (QED) is 0.184. The second-order valence-corrected chi connectivity index (χ2v) is 6.57. The van der Waals surface area contributed by atoms with E-state index >= 15 is 0 Å². The zero-order valence-corrected chi connectivity index (χ0v) is 14.7. The number of rotatable bonds is 6. The Labute approximate surface area is 154 Å². The van der Waals surface area contributed by atoms with Crippen LogP contribution in [-0.4, -0.2) is 26.4 Å². The van der Waals surface area contributed by atoms with Gasteiger partial charge in [0.05, 0.1) is 12.0 Å². The minimum atomic E-state index is -4.32. The lowest BCUT2D eigenvalue weighted by Gasteiger charge is -2.07. The van der Waals surface area contributed by atoms with E-state index in [1.54, 1.807) is 6.07 Å². The molecule has 27 heavy (non-hydrogen) atoms. The molecule has 0 saturated heterocycles. The molecule has 0 N–H and O–H groups in total. The highest BCUT2D eigenvalue weighted by Crippen LogP contribution is 2.23. The highest BCUT2D eigenvalue weighted by molar-refractivity contribution is 7.87. The molecule has 0 amide bonds. The Morgan fingerprint density at radius 1 is 1.22 bits per heavy atom. The topological polar surface area (TPSA) is 137 Å². The second kappa shape index (κ2) is 8.11. The molecule has 0 heterocycles. The first-order valence-electron chi connectivity index (χ1n) is 7.26. The summed E-state index contributed by atoms with van der Waals surface area (Å²) >= 11 is 0. The van der Waals surface area contributed by atoms with E-state index < -0.39 is 26.7 Å². The van der Waals surface area contributed by atoms with E-state index in [2.05, 4.69) is 4.74 Å². The number of methoxy groups -OCH3 is 1. The Balaban J connectivity index is 2.34. The minimum absolute atomic E-state index is 0.0996. The van der Waals surface area contributed by atoms with E-state index in [1.807, 2.05) is 0 Å². The van der Waals surface area contributed by atoms with Crippen LogP contribution in [0.25, 0.3) is 6.08 Å². The molecule has 9 nitrogen and oxygen atoms in total. The third-order valence-corrected chi connectivity index (χ3v) is 4.46. The molecule has 0 saturated carbocycles. The van der Waals surface area contributed by atoms with Gasteiger partial charge in [-0.2, -0.15) is 13.7 Å². The van der Waals surface area contributed by atoms with Crippen molar-refractivity contribution in [3.63, 3.8) is 0 Å². The average Bonchev–Trinajstić information content (AvgIpc) is 2.65. The standard InChI is InChI=1S/C17H12N2O7S/c1-25-17(20)13(11-18)8-12-4-2-6-15(9-12)26-27(23,24)16-7-3-5-14(10-16)19(21)22/h2-10H,1H3/b13-8+. The van der Waals surface area contributed by atoms with Crippen molar-refractivity contribution in [2.75, 3.05) is 7.11 Å². The lowest BCUT2D eigenvalue weighted by molar-refractivity contribution is -0.385. The fourth-order valence-corrected chi connectivity index (χ4v) is 2.96. The zero-order valence-electron chi connectivity index (χ0n) is 13.9. The van der Waals surface area contributed by atoms with Crippen LogP contribution in [0.5, 0.6) is 5.75 Å². The van der Waals surface area contributed by atoms with Crippen LogP contribution in [-0.2, 0) is 19.6 Å². The molecule has 0 fully saturated rings. The van der Waals surface area contributed by atoms with Crippen LogP contribution in [0.15, 0.2) is 59.0 Å². The van der Waals surface area contributed by atoms with Crippen molar-refractivity contribution in [1.29, 1.82) is 5.26 Å². The summed E-state index contributed by atoms with van der Waals surface area (Å²) in [5, 5.41) is 19.8. The molecule has 10 heteroatoms. The summed E-state index contributed by atoms with van der Waals surface area (Å²) in [4.78, 5) is 21.1. The van der Waals surface area contributed by atoms with Gasteiger partial charge in [0, 0.05) is 12.1 Å². The molecular weight excluding hydrogens is 376 g/mol. The number of hydrogen-bond donors (Lipinski definition) is 0. The van der Waals surface area contributed by atoms with Crippen LogP contribution in [0.4, 0.5) is 5.69 Å². The number of nitriles is 1. The van der Waals surface area contributed by atoms with Crippen LogP contribution in [0.3, 0.4) is 0 Å². The van der Waals surface area contributed by atoms with Gasteiger partial charge < -0.3 is 8.92 Å². The molecule has 0 radical (unpaired) electrons. The van der Waals surface area contributed by atoms with Crippen LogP contribution >= 0.6 is 0 Å². The van der Waals surface area contributed by atoms with Gasteiger partial charge in [0.1, 0.15) is 22.3 Å². The molecule has 0 aliphatic rings. The highest BCUT2D eigenvalue weighted by atomic mass is 32.2. The van der Waals surface area contributed by atoms with E-state index in [0.29, 0.717) is 5.56 Å². The van der Waals surface area contributed by atoms with Crippen LogP contribution < -0.4 is 4.18 Å². The van der Waals surface area contributed by atoms with Crippen molar-refractivity contribution in [3.05, 3.63) is 69.8 Å². The maximum atomic E-state index is 12.3. The molecular formula is C17H12N2O7S. The van der Waals surface area contributed by atoms with Crippen molar-refractivity contribution in [2.45, 2.75) is 4.90 Å². The number of nitro groups is 1. The first kappa shape index (κ1) is 19.6. The third-order valence-electron chi connectivity index (χ3n) is 3.22. The van der Waals surface area contributed by atoms with Gasteiger partial charge in [-0.25, -0.2) is 4.79 Å². The molecule has 0 unspecified atom stereocenters. The van der Waals surface area contributed by atoms with Crippen LogP contribution in [0.1, 0.15) is 5.56 Å². The van der Waals surface area contributed by atoms with Gasteiger partial charge in [0.25, 0.3) is 5.69 Å². The first-order valence-corrected chi connectivity index (χ1v) is 8.67. The first-order chi connectivity index (χ1) is 12.8. The lowest BCUT2D eigenvalue weighted by atomic mass is 10.1. The molecule has 2 aromatic carbocycles. The minimum Gasteiger partial charge on any atom is -0.465 e. The van der Waals surface area contributed by atoms with Gasteiger partial charge in [-0.15, -0.1) is 0 Å². The number of carbonyl (C=O) groups is 1. The SMILES string of the molecule is COC(=O)/C(C#N)=C/c1cccc(OS(=O)(=O)c2cccc([N+](=O)[O-])c2)c1. The predicted molar refractivity (Wildman–Crippen MR) is 93.0 cm³/mol. The molecule has 2 aromatic rings. The smallest absolute Gasteiger partial charge is 0.348 e. The molecule has 2 rings (SSSR count). The molecule has 138 valence electrons. The summed E-state index contributed by atoms with van der Waals surface area (Å²) in [6, 6.07) is 11.7. The van der Waals surface area contributed by atoms with Gasteiger partial charge in [0.15, 0.2) is 0 Å². The number of non-ortho nitro benzene ring substituents is 1. The summed E-state index contributed by atoms with van der Waals surface area (Å²) in [6.07, 6.45) is 1.21. The van der Waals surface area contributed by atoms with E-state index in [1.165, 1.54) is 36.4 Å². The van der Waals surface area contributed by atoms with Gasteiger partial charge in [-0.05, 0) is 29.8 Å². The summed E-state index contributed by atoms with van der Waals surface area (Å²) in [7, 11) is -3.20. The Morgan fingerprint density at radius 2 is 1.93 bits per heavy atom. The van der Waals surface area contributed by atoms with Crippen LogP contribution in [0, 0.1) is 21.4 Å². The van der Waals surface area contributed by atoms with Crippen molar-refractivity contribution in [2.24, 2.45) is 0 Å². The Hall–Kier alpha value is -3.71. The number of ether oxygens (including phenoxy) is 1. The molecule has 0 aromatic heterocycles. The van der Waals surface area contributed by atoms with E-state index in [9.17, 15) is 23.3 Å². The fourth-order valence-electron chi connectivity index (χ4n) is 2.00. The van der Waals surface area contributed by atoms with Gasteiger partial charge in [-0.1, -0.05) is 18.2 Å². The zero-order chi connectivity index (χ0) is 20.0.